The molecule has 6 heteroatoms. The lowest BCUT2D eigenvalue weighted by Gasteiger charge is -2.38. The summed E-state index contributed by atoms with van der Waals surface area (Å²) in [5, 5.41) is 6.01. The van der Waals surface area contributed by atoms with E-state index in [0.29, 0.717) is 12.1 Å². The molecule has 1 heterocycles. The quantitative estimate of drug-likeness (QED) is 0.877. The molecule has 2 rings (SSSR count). The van der Waals surface area contributed by atoms with E-state index in [0.717, 1.165) is 6.54 Å². The van der Waals surface area contributed by atoms with E-state index in [1.165, 1.54) is 0 Å². The number of piperazine rings is 1. The lowest BCUT2D eigenvalue weighted by atomic mass is 10.1. The van der Waals surface area contributed by atoms with E-state index in [2.05, 4.69) is 17.6 Å². The summed E-state index contributed by atoms with van der Waals surface area (Å²) >= 11 is 0. The average Bonchev–Trinajstić information content (AvgIpc) is 2.48. The Labute approximate surface area is 131 Å². The molecular weight excluding hydrogens is 290 g/mol. The fourth-order valence-corrected chi connectivity index (χ4v) is 2.36. The minimum absolute atomic E-state index is 0. The molecule has 0 radical (unpaired) electrons. The third-order valence-corrected chi connectivity index (χ3v) is 3.79. The maximum atomic E-state index is 12.2. The molecule has 5 nitrogen and oxygen atoms in total. The zero-order chi connectivity index (χ0) is 14.5. The van der Waals surface area contributed by atoms with Crippen molar-refractivity contribution in [2.45, 2.75) is 25.9 Å². The molecule has 2 amide bonds. The second-order valence-electron chi connectivity index (χ2n) is 5.12. The van der Waals surface area contributed by atoms with Gasteiger partial charge in [-0.25, -0.2) is 0 Å². The van der Waals surface area contributed by atoms with Crippen molar-refractivity contribution in [1.82, 2.24) is 15.5 Å². The van der Waals surface area contributed by atoms with E-state index >= 15 is 0 Å². The molecule has 2 N–H and O–H groups in total. The summed E-state index contributed by atoms with van der Waals surface area (Å²) in [6, 6.07) is 9.34. The minimum atomic E-state index is -0.213. The van der Waals surface area contributed by atoms with Crippen LogP contribution in [0.4, 0.5) is 0 Å². The Morgan fingerprint density at radius 2 is 1.95 bits per heavy atom. The standard InChI is InChI=1S/C15H21N3O2.ClH/c1-11-12(2)18(9-8-16-11)14(19)10-17-15(20)13-6-4-3-5-7-13;/h3-7,11-12,16H,8-10H2,1-2H3,(H,17,20);1H. The molecule has 1 aromatic rings. The molecular formula is C15H22ClN3O2. The maximum Gasteiger partial charge on any atom is 0.251 e. The number of carbonyl (C=O) groups excluding carboxylic acids is 2. The van der Waals surface area contributed by atoms with Gasteiger partial charge in [-0.05, 0) is 26.0 Å². The van der Waals surface area contributed by atoms with Gasteiger partial charge in [0, 0.05) is 30.7 Å². The van der Waals surface area contributed by atoms with E-state index in [1.54, 1.807) is 24.3 Å². The van der Waals surface area contributed by atoms with Crippen LogP contribution in [0.1, 0.15) is 24.2 Å². The number of nitrogens with one attached hydrogen (secondary N) is 2. The zero-order valence-corrected chi connectivity index (χ0v) is 13.2. The molecule has 1 saturated heterocycles. The molecule has 0 saturated carbocycles. The Balaban J connectivity index is 0.00000220. The second-order valence-corrected chi connectivity index (χ2v) is 5.12. The molecule has 1 fully saturated rings. The molecule has 1 aromatic carbocycles. The monoisotopic (exact) mass is 311 g/mol. The third-order valence-electron chi connectivity index (χ3n) is 3.79. The minimum Gasteiger partial charge on any atom is -0.343 e. The normalized spacial score (nSPS) is 21.3. The van der Waals surface area contributed by atoms with Gasteiger partial charge in [0.2, 0.25) is 5.91 Å². The van der Waals surface area contributed by atoms with Gasteiger partial charge in [-0.2, -0.15) is 0 Å². The predicted octanol–water partition coefficient (Wildman–Crippen LogP) is 1.05. The van der Waals surface area contributed by atoms with Gasteiger partial charge in [0.15, 0.2) is 0 Å². The highest BCUT2D eigenvalue weighted by Gasteiger charge is 2.27. The predicted molar refractivity (Wildman–Crippen MR) is 84.7 cm³/mol. The first-order chi connectivity index (χ1) is 9.59. The van der Waals surface area contributed by atoms with Gasteiger partial charge in [0.05, 0.1) is 6.54 Å². The van der Waals surface area contributed by atoms with Crippen LogP contribution in [-0.4, -0.2) is 48.4 Å². The molecule has 0 aliphatic carbocycles. The van der Waals surface area contributed by atoms with Crippen molar-refractivity contribution in [3.8, 4) is 0 Å². The highest BCUT2D eigenvalue weighted by Crippen LogP contribution is 2.08. The van der Waals surface area contributed by atoms with Gasteiger partial charge in [-0.15, -0.1) is 12.4 Å². The van der Waals surface area contributed by atoms with E-state index in [4.69, 9.17) is 0 Å². The van der Waals surface area contributed by atoms with Crippen molar-refractivity contribution >= 4 is 24.2 Å². The molecule has 0 spiro atoms. The SMILES string of the molecule is CC1NCCN(C(=O)CNC(=O)c2ccccc2)C1C.Cl. The molecule has 21 heavy (non-hydrogen) atoms. The number of amides is 2. The van der Waals surface area contributed by atoms with Crippen LogP contribution in [0.25, 0.3) is 0 Å². The number of hydrogen-bond donors (Lipinski definition) is 2. The number of hydrogen-bond acceptors (Lipinski definition) is 3. The highest BCUT2D eigenvalue weighted by atomic mass is 35.5. The number of carbonyl (C=O) groups is 2. The van der Waals surface area contributed by atoms with Crippen LogP contribution in [-0.2, 0) is 4.79 Å². The van der Waals surface area contributed by atoms with Gasteiger partial charge in [-0.3, -0.25) is 9.59 Å². The summed E-state index contributed by atoms with van der Waals surface area (Å²) in [6.07, 6.45) is 0. The van der Waals surface area contributed by atoms with Crippen LogP contribution in [0.3, 0.4) is 0 Å². The van der Waals surface area contributed by atoms with Crippen molar-refractivity contribution in [1.29, 1.82) is 0 Å². The summed E-state index contributed by atoms with van der Waals surface area (Å²) in [4.78, 5) is 25.9. The average molecular weight is 312 g/mol. The Bertz CT molecular complexity index is 481. The first kappa shape index (κ1) is 17.5. The largest absolute Gasteiger partial charge is 0.343 e. The van der Waals surface area contributed by atoms with Crippen LogP contribution in [0.15, 0.2) is 30.3 Å². The third kappa shape index (κ3) is 4.44. The maximum absolute atomic E-state index is 12.2. The van der Waals surface area contributed by atoms with Crippen LogP contribution < -0.4 is 10.6 Å². The van der Waals surface area contributed by atoms with E-state index in [1.807, 2.05) is 17.9 Å². The fourth-order valence-electron chi connectivity index (χ4n) is 2.36. The van der Waals surface area contributed by atoms with Gasteiger partial charge >= 0.3 is 0 Å². The molecule has 0 aromatic heterocycles. The summed E-state index contributed by atoms with van der Waals surface area (Å²) in [5.74, 6) is -0.245. The molecule has 116 valence electrons. The van der Waals surface area contributed by atoms with Gasteiger partial charge in [-0.1, -0.05) is 18.2 Å². The summed E-state index contributed by atoms with van der Waals surface area (Å²) < 4.78 is 0. The molecule has 2 unspecified atom stereocenters. The Morgan fingerprint density at radius 3 is 2.62 bits per heavy atom. The number of halogens is 1. The van der Waals surface area contributed by atoms with Crippen molar-refractivity contribution in [3.05, 3.63) is 35.9 Å². The zero-order valence-electron chi connectivity index (χ0n) is 12.3. The van der Waals surface area contributed by atoms with Crippen molar-refractivity contribution in [3.63, 3.8) is 0 Å². The number of nitrogens with zero attached hydrogens (tertiary/aromatic N) is 1. The van der Waals surface area contributed by atoms with Crippen LogP contribution >= 0.6 is 12.4 Å². The van der Waals surface area contributed by atoms with E-state index < -0.39 is 0 Å². The Kier molecular flexibility index (Phi) is 6.65. The molecule has 1 aliphatic heterocycles. The smallest absolute Gasteiger partial charge is 0.251 e. The van der Waals surface area contributed by atoms with E-state index in [9.17, 15) is 9.59 Å². The van der Waals surface area contributed by atoms with Crippen molar-refractivity contribution in [2.75, 3.05) is 19.6 Å². The van der Waals surface area contributed by atoms with Gasteiger partial charge < -0.3 is 15.5 Å². The first-order valence-corrected chi connectivity index (χ1v) is 6.95. The van der Waals surface area contributed by atoms with E-state index in [-0.39, 0.29) is 42.8 Å². The number of benzene rings is 1. The Morgan fingerprint density at radius 1 is 1.29 bits per heavy atom. The van der Waals surface area contributed by atoms with Gasteiger partial charge in [0.25, 0.3) is 5.91 Å². The fraction of sp³-hybridized carbons (Fsp3) is 0.467. The van der Waals surface area contributed by atoms with Crippen LogP contribution in [0, 0.1) is 0 Å². The van der Waals surface area contributed by atoms with Crippen molar-refractivity contribution in [2.24, 2.45) is 0 Å². The molecule has 0 bridgehead atoms. The van der Waals surface area contributed by atoms with Crippen LogP contribution in [0.5, 0.6) is 0 Å². The highest BCUT2D eigenvalue weighted by molar-refractivity contribution is 5.96. The first-order valence-electron chi connectivity index (χ1n) is 6.95. The summed E-state index contributed by atoms with van der Waals surface area (Å²) in [7, 11) is 0. The lowest BCUT2D eigenvalue weighted by molar-refractivity contribution is -0.133. The molecule has 2 atom stereocenters. The van der Waals surface area contributed by atoms with Crippen LogP contribution in [0.2, 0.25) is 0 Å². The van der Waals surface area contributed by atoms with Gasteiger partial charge in [0.1, 0.15) is 0 Å². The second kappa shape index (κ2) is 8.00. The summed E-state index contributed by atoms with van der Waals surface area (Å²) in [6.45, 7) is 5.61. The van der Waals surface area contributed by atoms with Crippen molar-refractivity contribution < 1.29 is 9.59 Å². The molecule has 1 aliphatic rings. The summed E-state index contributed by atoms with van der Waals surface area (Å²) in [5.41, 5.74) is 0.571. The Hall–Kier alpha value is -1.59. The topological polar surface area (TPSA) is 61.4 Å². The number of rotatable bonds is 3. The lowest BCUT2D eigenvalue weighted by Crippen LogP contribution is -2.58.